The lowest BCUT2D eigenvalue weighted by Crippen LogP contribution is -2.26. The van der Waals surface area contributed by atoms with E-state index in [0.717, 1.165) is 18.4 Å². The lowest BCUT2D eigenvalue weighted by Gasteiger charge is -2.09. The first kappa shape index (κ1) is 17.8. The molecule has 3 rings (SSSR count). The average Bonchev–Trinajstić information content (AvgIpc) is 3.35. The van der Waals surface area contributed by atoms with Crippen molar-refractivity contribution in [3.63, 3.8) is 0 Å². The number of amides is 1. The molecular weight excluding hydrogens is 360 g/mol. The molecule has 0 heterocycles. The van der Waals surface area contributed by atoms with Gasteiger partial charge in [0, 0.05) is 16.8 Å². The van der Waals surface area contributed by atoms with Crippen LogP contribution in [0.15, 0.2) is 48.5 Å². The highest BCUT2D eigenvalue weighted by molar-refractivity contribution is 7.91. The Kier molecular flexibility index (Phi) is 5.30. The molecule has 7 heteroatoms. The summed E-state index contributed by atoms with van der Waals surface area (Å²) in [5.74, 6) is -0.131. The quantitative estimate of drug-likeness (QED) is 0.777. The average molecular weight is 379 g/mol. The molecule has 1 fully saturated rings. The Hall–Kier alpha value is -2.05. The first-order chi connectivity index (χ1) is 11.9. The summed E-state index contributed by atoms with van der Waals surface area (Å²) in [7, 11) is -3.52. The smallest absolute Gasteiger partial charge is 0.236 e. The van der Waals surface area contributed by atoms with Crippen molar-refractivity contribution in [3.8, 4) is 0 Å². The molecule has 0 bridgehead atoms. The van der Waals surface area contributed by atoms with Crippen LogP contribution in [0, 0.1) is 0 Å². The maximum atomic E-state index is 12.2. The normalized spacial score (nSPS) is 14.1. The second kappa shape index (κ2) is 7.45. The molecule has 0 radical (unpaired) electrons. The summed E-state index contributed by atoms with van der Waals surface area (Å²) in [6, 6.07) is 13.9. The molecule has 5 nitrogen and oxygen atoms in total. The van der Waals surface area contributed by atoms with Crippen LogP contribution in [-0.4, -0.2) is 20.4 Å². The van der Waals surface area contributed by atoms with Crippen LogP contribution < -0.4 is 10.0 Å². The van der Waals surface area contributed by atoms with Crippen LogP contribution in [0.4, 0.5) is 5.69 Å². The summed E-state index contributed by atoms with van der Waals surface area (Å²) < 4.78 is 27.0. The van der Waals surface area contributed by atoms with E-state index in [4.69, 9.17) is 11.6 Å². The largest absolute Gasteiger partial charge is 0.353 e. The molecule has 1 saturated carbocycles. The highest BCUT2D eigenvalue weighted by Gasteiger charge is 2.23. The molecule has 0 atom stereocenters. The Labute approximate surface area is 152 Å². The summed E-state index contributed by atoms with van der Waals surface area (Å²) in [6.45, 7) is 0. The fourth-order valence-corrected chi connectivity index (χ4v) is 3.72. The van der Waals surface area contributed by atoms with Crippen LogP contribution in [-0.2, 0) is 27.0 Å². The van der Waals surface area contributed by atoms with Gasteiger partial charge in [-0.05, 0) is 48.2 Å². The van der Waals surface area contributed by atoms with Gasteiger partial charge in [-0.15, -0.1) is 0 Å². The van der Waals surface area contributed by atoms with Crippen molar-refractivity contribution in [2.24, 2.45) is 0 Å². The van der Waals surface area contributed by atoms with Crippen LogP contribution in [0.2, 0.25) is 5.02 Å². The second-order valence-corrected chi connectivity index (χ2v) is 8.36. The van der Waals surface area contributed by atoms with Crippen molar-refractivity contribution in [1.82, 2.24) is 5.32 Å². The van der Waals surface area contributed by atoms with Gasteiger partial charge < -0.3 is 5.32 Å². The Morgan fingerprint density at radius 3 is 2.20 bits per heavy atom. The third-order valence-electron chi connectivity index (χ3n) is 3.80. The van der Waals surface area contributed by atoms with Gasteiger partial charge >= 0.3 is 0 Å². The predicted octanol–water partition coefficient (Wildman–Crippen LogP) is 3.10. The van der Waals surface area contributed by atoms with E-state index in [0.29, 0.717) is 28.7 Å². The van der Waals surface area contributed by atoms with E-state index in [1.807, 2.05) is 0 Å². The van der Waals surface area contributed by atoms with E-state index in [1.54, 1.807) is 48.5 Å². The predicted molar refractivity (Wildman–Crippen MR) is 99.0 cm³/mol. The summed E-state index contributed by atoms with van der Waals surface area (Å²) in [5.41, 5.74) is 1.98. The maximum absolute atomic E-state index is 12.2. The minimum Gasteiger partial charge on any atom is -0.353 e. The van der Waals surface area contributed by atoms with Crippen molar-refractivity contribution >= 4 is 33.2 Å². The van der Waals surface area contributed by atoms with Crippen LogP contribution in [0.5, 0.6) is 0 Å². The first-order valence-corrected chi connectivity index (χ1v) is 10.1. The molecule has 1 aliphatic carbocycles. The zero-order valence-electron chi connectivity index (χ0n) is 13.5. The number of sulfonamides is 1. The van der Waals surface area contributed by atoms with Crippen LogP contribution >= 0.6 is 11.6 Å². The van der Waals surface area contributed by atoms with Gasteiger partial charge in [0.2, 0.25) is 15.9 Å². The van der Waals surface area contributed by atoms with Gasteiger partial charge in [-0.25, -0.2) is 8.42 Å². The fourth-order valence-electron chi connectivity index (χ4n) is 2.40. The molecule has 2 aromatic rings. The van der Waals surface area contributed by atoms with Crippen LogP contribution in [0.25, 0.3) is 0 Å². The second-order valence-electron chi connectivity index (χ2n) is 6.20. The SMILES string of the molecule is O=C(Cc1ccc(NS(=O)(=O)Cc2ccc(Cl)cc2)cc1)NC1CC1. The third-order valence-corrected chi connectivity index (χ3v) is 5.32. The first-order valence-electron chi connectivity index (χ1n) is 8.03. The van der Waals surface area contributed by atoms with E-state index in [1.165, 1.54) is 0 Å². The number of anilines is 1. The van der Waals surface area contributed by atoms with Crippen LogP contribution in [0.3, 0.4) is 0 Å². The zero-order valence-corrected chi connectivity index (χ0v) is 15.1. The Balaban J connectivity index is 1.57. The highest BCUT2D eigenvalue weighted by atomic mass is 35.5. The highest BCUT2D eigenvalue weighted by Crippen LogP contribution is 2.19. The molecule has 1 aliphatic rings. The number of carbonyl (C=O) groups is 1. The molecule has 2 aromatic carbocycles. The van der Waals surface area contributed by atoms with E-state index in [-0.39, 0.29) is 11.7 Å². The van der Waals surface area contributed by atoms with Gasteiger partial charge in [-0.2, -0.15) is 0 Å². The molecule has 1 amide bonds. The molecule has 25 heavy (non-hydrogen) atoms. The summed E-state index contributed by atoms with van der Waals surface area (Å²) in [6.07, 6.45) is 2.41. The number of halogens is 1. The maximum Gasteiger partial charge on any atom is 0.236 e. The molecule has 132 valence electrons. The number of rotatable bonds is 7. The summed E-state index contributed by atoms with van der Waals surface area (Å²) in [5, 5.41) is 3.49. The van der Waals surface area contributed by atoms with Gasteiger partial charge in [-0.1, -0.05) is 35.9 Å². The molecule has 0 unspecified atom stereocenters. The number of carbonyl (C=O) groups excluding carboxylic acids is 1. The van der Waals surface area contributed by atoms with Crippen molar-refractivity contribution < 1.29 is 13.2 Å². The molecule has 0 aromatic heterocycles. The minimum atomic E-state index is -3.52. The van der Waals surface area contributed by atoms with E-state index in [2.05, 4.69) is 10.0 Å². The van der Waals surface area contributed by atoms with E-state index >= 15 is 0 Å². The molecule has 0 spiro atoms. The number of nitrogens with one attached hydrogen (secondary N) is 2. The van der Waals surface area contributed by atoms with Gasteiger partial charge in [0.05, 0.1) is 12.2 Å². The van der Waals surface area contributed by atoms with Gasteiger partial charge in [0.1, 0.15) is 0 Å². The monoisotopic (exact) mass is 378 g/mol. The van der Waals surface area contributed by atoms with Crippen molar-refractivity contribution in [2.75, 3.05) is 4.72 Å². The van der Waals surface area contributed by atoms with Gasteiger partial charge in [0.25, 0.3) is 0 Å². The van der Waals surface area contributed by atoms with Crippen molar-refractivity contribution in [3.05, 3.63) is 64.7 Å². The van der Waals surface area contributed by atoms with Gasteiger partial charge in [-0.3, -0.25) is 9.52 Å². The lowest BCUT2D eigenvalue weighted by molar-refractivity contribution is -0.120. The van der Waals surface area contributed by atoms with E-state index < -0.39 is 10.0 Å². The molecular formula is C18H19ClN2O3S. The Bertz CT molecular complexity index is 845. The summed E-state index contributed by atoms with van der Waals surface area (Å²) in [4.78, 5) is 11.8. The van der Waals surface area contributed by atoms with Crippen molar-refractivity contribution in [2.45, 2.75) is 31.1 Å². The summed E-state index contributed by atoms with van der Waals surface area (Å²) >= 11 is 5.80. The minimum absolute atomic E-state index is 0.00132. The topological polar surface area (TPSA) is 75.3 Å². The Morgan fingerprint density at radius 2 is 1.60 bits per heavy atom. The van der Waals surface area contributed by atoms with Crippen molar-refractivity contribution in [1.29, 1.82) is 0 Å². The Morgan fingerprint density at radius 1 is 1.00 bits per heavy atom. The standard InChI is InChI=1S/C18H19ClN2O3S/c19-15-5-1-14(2-6-15)12-25(23,24)21-17-7-3-13(4-8-17)11-18(22)20-16-9-10-16/h1-8,16,21H,9-12H2,(H,20,22). The fraction of sp³-hybridized carbons (Fsp3) is 0.278. The molecule has 0 aliphatic heterocycles. The third kappa shape index (κ3) is 5.76. The van der Waals surface area contributed by atoms with Crippen LogP contribution in [0.1, 0.15) is 24.0 Å². The zero-order chi connectivity index (χ0) is 17.9. The molecule has 0 saturated heterocycles. The lowest BCUT2D eigenvalue weighted by atomic mass is 10.1. The molecule has 2 N–H and O–H groups in total. The van der Waals surface area contributed by atoms with E-state index in [9.17, 15) is 13.2 Å². The number of hydrogen-bond acceptors (Lipinski definition) is 3. The number of hydrogen-bond donors (Lipinski definition) is 2. The van der Waals surface area contributed by atoms with Gasteiger partial charge in [0.15, 0.2) is 0 Å². The number of benzene rings is 2.